The summed E-state index contributed by atoms with van der Waals surface area (Å²) in [5.41, 5.74) is 5.09. The van der Waals surface area contributed by atoms with E-state index in [1.165, 1.54) is 0 Å². The van der Waals surface area contributed by atoms with Gasteiger partial charge in [0.25, 0.3) is 0 Å². The Kier molecular flexibility index (Phi) is 4.33. The largest absolute Gasteiger partial charge is 0.364 e. The average molecular weight is 420 g/mol. The molecule has 6 heteroatoms. The van der Waals surface area contributed by atoms with E-state index in [1.54, 1.807) is 12.3 Å². The van der Waals surface area contributed by atoms with Gasteiger partial charge in [-0.25, -0.2) is 0 Å². The number of ketones is 2. The first-order chi connectivity index (χ1) is 16.2. The summed E-state index contributed by atoms with van der Waals surface area (Å²) in [6, 6.07) is 6.49. The molecule has 2 aromatic rings. The molecule has 3 aliphatic rings. The zero-order chi connectivity index (χ0) is 24.0. The van der Waals surface area contributed by atoms with Gasteiger partial charge >= 0.3 is 0 Å². The number of hydrogen-bond acceptors (Lipinski definition) is 6. The Morgan fingerprint density at radius 3 is 2.90 bits per heavy atom. The second kappa shape index (κ2) is 8.00. The Balaban J connectivity index is 1.21. The maximum Gasteiger partial charge on any atom is 0.180 e. The standard InChI is InChI=1S/C25H28N4O2/c1-3-17-10-21-18(11-25(17)31)9-16(13-26-21)15-28-7-8-29(23-12-22(23)28)19-5-6-20(27-14-19)24(30)4-2/h5-6,9-10,13-14,22-23H,3-4,7-8,11-12,15H2,1-2H3/t22-,23+/m1/s1/i2D3. The molecule has 1 saturated heterocycles. The third-order valence-electron chi connectivity index (χ3n) is 6.59. The highest BCUT2D eigenvalue weighted by atomic mass is 16.1. The van der Waals surface area contributed by atoms with Crippen molar-refractivity contribution < 1.29 is 13.7 Å². The molecule has 1 aliphatic heterocycles. The van der Waals surface area contributed by atoms with Crippen molar-refractivity contribution in [2.45, 2.75) is 58.1 Å². The normalized spacial score (nSPS) is 24.4. The molecule has 5 rings (SSSR count). The first kappa shape index (κ1) is 16.8. The number of Topliss-reactive ketones (excluding diaryl/α,β-unsaturated/α-hetero) is 2. The number of aromatic nitrogens is 2. The Morgan fingerprint density at radius 1 is 1.23 bits per heavy atom. The maximum absolute atomic E-state index is 12.3. The van der Waals surface area contributed by atoms with Gasteiger partial charge in [-0.05, 0) is 47.8 Å². The van der Waals surface area contributed by atoms with Crippen LogP contribution in [-0.2, 0) is 17.8 Å². The molecule has 0 spiro atoms. The second-order valence-electron chi connectivity index (χ2n) is 8.55. The van der Waals surface area contributed by atoms with E-state index in [2.05, 4.69) is 25.8 Å². The predicted molar refractivity (Wildman–Crippen MR) is 120 cm³/mol. The number of piperazine rings is 1. The quantitative estimate of drug-likeness (QED) is 0.668. The molecule has 0 unspecified atom stereocenters. The van der Waals surface area contributed by atoms with Crippen molar-refractivity contribution in [3.8, 4) is 0 Å². The van der Waals surface area contributed by atoms with Crippen LogP contribution in [0.5, 0.6) is 0 Å². The van der Waals surface area contributed by atoms with Gasteiger partial charge in [0.05, 0.1) is 17.6 Å². The van der Waals surface area contributed by atoms with Crippen LogP contribution in [0.25, 0.3) is 6.08 Å². The molecule has 2 fully saturated rings. The van der Waals surface area contributed by atoms with Crippen molar-refractivity contribution in [2.24, 2.45) is 0 Å². The molecule has 6 nitrogen and oxygen atoms in total. The van der Waals surface area contributed by atoms with Crippen LogP contribution in [0.2, 0.25) is 0 Å². The lowest BCUT2D eigenvalue weighted by atomic mass is 9.92. The van der Waals surface area contributed by atoms with Gasteiger partial charge in [0.1, 0.15) is 5.69 Å². The summed E-state index contributed by atoms with van der Waals surface area (Å²) in [7, 11) is 0. The van der Waals surface area contributed by atoms with Gasteiger partial charge in [-0.3, -0.25) is 24.5 Å². The third kappa shape index (κ3) is 3.81. The molecule has 31 heavy (non-hydrogen) atoms. The van der Waals surface area contributed by atoms with Crippen molar-refractivity contribution in [3.05, 3.63) is 58.7 Å². The highest BCUT2D eigenvalue weighted by molar-refractivity contribution is 6.03. The predicted octanol–water partition coefficient (Wildman–Crippen LogP) is 3.45. The first-order valence-electron chi connectivity index (χ1n) is 12.4. The summed E-state index contributed by atoms with van der Waals surface area (Å²) in [4.78, 5) is 38.1. The van der Waals surface area contributed by atoms with Gasteiger partial charge in [0, 0.05) is 54.9 Å². The average Bonchev–Trinajstić information content (AvgIpc) is 3.59. The molecule has 0 amide bonds. The number of carbonyl (C=O) groups is 2. The van der Waals surface area contributed by atoms with E-state index in [0.717, 1.165) is 60.6 Å². The molecule has 3 heterocycles. The second-order valence-corrected chi connectivity index (χ2v) is 8.55. The Labute approximate surface area is 187 Å². The van der Waals surface area contributed by atoms with Crippen LogP contribution in [0.3, 0.4) is 0 Å². The van der Waals surface area contributed by atoms with Gasteiger partial charge < -0.3 is 4.90 Å². The summed E-state index contributed by atoms with van der Waals surface area (Å²) in [6.45, 7) is 2.28. The summed E-state index contributed by atoms with van der Waals surface area (Å²) >= 11 is 0. The molecule has 0 aromatic carbocycles. The fourth-order valence-electron chi connectivity index (χ4n) is 4.79. The lowest BCUT2D eigenvalue weighted by Gasteiger charge is -2.35. The van der Waals surface area contributed by atoms with Crippen molar-refractivity contribution in [3.63, 3.8) is 0 Å². The molecule has 0 bridgehead atoms. The number of hydrogen-bond donors (Lipinski definition) is 0. The maximum atomic E-state index is 12.3. The lowest BCUT2D eigenvalue weighted by molar-refractivity contribution is -0.115. The fourth-order valence-corrected chi connectivity index (χ4v) is 4.79. The van der Waals surface area contributed by atoms with E-state index in [9.17, 15) is 9.59 Å². The molecule has 160 valence electrons. The Bertz CT molecular complexity index is 1160. The van der Waals surface area contributed by atoms with E-state index in [1.807, 2.05) is 25.3 Å². The monoisotopic (exact) mass is 419 g/mol. The number of carbonyl (C=O) groups excluding carboxylic acids is 2. The third-order valence-corrected chi connectivity index (χ3v) is 6.59. The summed E-state index contributed by atoms with van der Waals surface area (Å²) < 4.78 is 21.8. The minimum atomic E-state index is -2.28. The lowest BCUT2D eigenvalue weighted by Crippen LogP contribution is -2.46. The Hall–Kier alpha value is -2.86. The summed E-state index contributed by atoms with van der Waals surface area (Å²) in [6.07, 6.45) is 7.29. The van der Waals surface area contributed by atoms with Crippen LogP contribution in [0, 0.1) is 0 Å². The molecule has 2 aliphatic carbocycles. The SMILES string of the molecule is [2H]C([2H])([2H])CC(=O)c1ccc(N2CCN(Cc3cnc4c(c3)CC(=O)C(CC)=C4)[C@@H]3C[C@@H]32)cn1. The van der Waals surface area contributed by atoms with Crippen molar-refractivity contribution in [2.75, 3.05) is 18.0 Å². The first-order valence-corrected chi connectivity index (χ1v) is 10.9. The molecular formula is C25H28N4O2. The van der Waals surface area contributed by atoms with Gasteiger partial charge in [0.15, 0.2) is 11.6 Å². The zero-order valence-electron chi connectivity index (χ0n) is 20.7. The number of pyridine rings is 2. The number of allylic oxidation sites excluding steroid dienone is 1. The summed E-state index contributed by atoms with van der Waals surface area (Å²) in [5, 5.41) is 0. The van der Waals surface area contributed by atoms with Crippen LogP contribution >= 0.6 is 0 Å². The van der Waals surface area contributed by atoms with E-state index in [-0.39, 0.29) is 11.5 Å². The number of nitrogens with zero attached hydrogens (tertiary/aromatic N) is 4. The van der Waals surface area contributed by atoms with Crippen LogP contribution in [0.1, 0.15) is 64.5 Å². The topological polar surface area (TPSA) is 66.4 Å². The van der Waals surface area contributed by atoms with E-state index < -0.39 is 19.1 Å². The minimum absolute atomic E-state index is 0.199. The highest BCUT2D eigenvalue weighted by Gasteiger charge is 2.48. The van der Waals surface area contributed by atoms with E-state index in [0.29, 0.717) is 18.5 Å². The van der Waals surface area contributed by atoms with Crippen molar-refractivity contribution >= 4 is 23.3 Å². The molecule has 0 radical (unpaired) electrons. The minimum Gasteiger partial charge on any atom is -0.364 e. The Morgan fingerprint density at radius 2 is 2.13 bits per heavy atom. The number of rotatable bonds is 6. The number of anilines is 1. The highest BCUT2D eigenvalue weighted by Crippen LogP contribution is 2.40. The van der Waals surface area contributed by atoms with Crippen LogP contribution in [0.4, 0.5) is 5.69 Å². The van der Waals surface area contributed by atoms with E-state index >= 15 is 0 Å². The smallest absolute Gasteiger partial charge is 0.180 e. The molecule has 0 N–H and O–H groups in total. The van der Waals surface area contributed by atoms with Crippen molar-refractivity contribution in [1.82, 2.24) is 14.9 Å². The fraction of sp³-hybridized carbons (Fsp3) is 0.440. The molecule has 2 aromatic heterocycles. The van der Waals surface area contributed by atoms with Gasteiger partial charge in [-0.2, -0.15) is 0 Å². The molecular weight excluding hydrogens is 388 g/mol. The van der Waals surface area contributed by atoms with Crippen LogP contribution in [0.15, 0.2) is 36.2 Å². The van der Waals surface area contributed by atoms with Gasteiger partial charge in [-0.15, -0.1) is 0 Å². The number of fused-ring (bicyclic) bond motifs is 2. The zero-order valence-corrected chi connectivity index (χ0v) is 17.7. The van der Waals surface area contributed by atoms with Gasteiger partial charge in [-0.1, -0.05) is 19.8 Å². The van der Waals surface area contributed by atoms with Gasteiger partial charge in [0.2, 0.25) is 0 Å². The van der Waals surface area contributed by atoms with Crippen molar-refractivity contribution in [1.29, 1.82) is 0 Å². The van der Waals surface area contributed by atoms with E-state index in [4.69, 9.17) is 4.11 Å². The molecule has 2 atom stereocenters. The molecule has 1 saturated carbocycles. The van der Waals surface area contributed by atoms with Crippen LogP contribution < -0.4 is 4.90 Å². The summed E-state index contributed by atoms with van der Waals surface area (Å²) in [5.74, 6) is -0.257. The van der Waals surface area contributed by atoms with Crippen LogP contribution in [-0.4, -0.2) is 51.6 Å².